The quantitative estimate of drug-likeness (QED) is 0.405. The molecule has 0 aromatic rings. The molecular weight excluding hydrogens is 200 g/mol. The van der Waals surface area contributed by atoms with Gasteiger partial charge in [-0.25, -0.2) is 4.79 Å². The fourth-order valence-corrected chi connectivity index (χ4v) is 3.10. The lowest BCUT2D eigenvalue weighted by atomic mass is 9.89. The van der Waals surface area contributed by atoms with Crippen molar-refractivity contribution in [2.45, 2.75) is 45.4 Å². The van der Waals surface area contributed by atoms with E-state index in [0.717, 1.165) is 24.7 Å². The van der Waals surface area contributed by atoms with Gasteiger partial charge in [-0.2, -0.15) is 0 Å². The minimum Gasteiger partial charge on any atom is -0.463 e. The van der Waals surface area contributed by atoms with Gasteiger partial charge in [0.25, 0.3) is 0 Å². The number of hydrogen-bond acceptors (Lipinski definition) is 2. The molecule has 2 bridgehead atoms. The molecule has 0 aromatic carbocycles. The van der Waals surface area contributed by atoms with E-state index in [0.29, 0.717) is 12.5 Å². The molecule has 2 aliphatic carbocycles. The minimum atomic E-state index is -0.156. The third-order valence-electron chi connectivity index (χ3n) is 4.01. The average Bonchev–Trinajstić information content (AvgIpc) is 2.88. The Morgan fingerprint density at radius 2 is 2.25 bits per heavy atom. The van der Waals surface area contributed by atoms with Gasteiger partial charge < -0.3 is 4.74 Å². The van der Waals surface area contributed by atoms with Crippen LogP contribution in [0.1, 0.15) is 45.4 Å². The summed E-state index contributed by atoms with van der Waals surface area (Å²) in [4.78, 5) is 11.4. The lowest BCUT2D eigenvalue weighted by Crippen LogP contribution is -2.09. The first kappa shape index (κ1) is 11.7. The van der Waals surface area contributed by atoms with Gasteiger partial charge in [-0.15, -0.1) is 0 Å². The molecule has 2 heteroatoms. The summed E-state index contributed by atoms with van der Waals surface area (Å²) in [7, 11) is 0. The van der Waals surface area contributed by atoms with Crippen molar-refractivity contribution in [2.75, 3.05) is 6.61 Å². The molecule has 0 heterocycles. The Labute approximate surface area is 98.1 Å². The molecular formula is C14H22O2. The van der Waals surface area contributed by atoms with E-state index in [1.54, 1.807) is 6.08 Å². The van der Waals surface area contributed by atoms with Gasteiger partial charge in [0.05, 0.1) is 6.61 Å². The van der Waals surface area contributed by atoms with E-state index in [4.69, 9.17) is 4.74 Å². The minimum absolute atomic E-state index is 0.156. The molecule has 0 N–H and O–H groups in total. The van der Waals surface area contributed by atoms with Crippen molar-refractivity contribution in [3.8, 4) is 0 Å². The van der Waals surface area contributed by atoms with Crippen LogP contribution in [0.4, 0.5) is 0 Å². The third kappa shape index (κ3) is 2.87. The van der Waals surface area contributed by atoms with Gasteiger partial charge in [0.1, 0.15) is 0 Å². The molecule has 0 aliphatic heterocycles. The average molecular weight is 222 g/mol. The first-order chi connectivity index (χ1) is 7.79. The van der Waals surface area contributed by atoms with Crippen LogP contribution in [0.5, 0.6) is 0 Å². The van der Waals surface area contributed by atoms with E-state index in [2.05, 4.69) is 13.0 Å². The molecule has 0 aromatic heterocycles. The topological polar surface area (TPSA) is 26.3 Å². The van der Waals surface area contributed by atoms with E-state index >= 15 is 0 Å². The molecule has 2 saturated carbocycles. The van der Waals surface area contributed by atoms with Gasteiger partial charge in [-0.1, -0.05) is 25.8 Å². The molecule has 0 amide bonds. The highest BCUT2D eigenvalue weighted by atomic mass is 16.5. The molecule has 0 radical (unpaired) electrons. The number of esters is 1. The van der Waals surface area contributed by atoms with Crippen molar-refractivity contribution in [1.29, 1.82) is 0 Å². The lowest BCUT2D eigenvalue weighted by molar-refractivity contribution is -0.137. The fourth-order valence-electron chi connectivity index (χ4n) is 3.10. The van der Waals surface area contributed by atoms with Gasteiger partial charge in [-0.3, -0.25) is 0 Å². The summed E-state index contributed by atoms with van der Waals surface area (Å²) in [5.74, 6) is 2.29. The number of hydrogen-bond donors (Lipinski definition) is 0. The SMILES string of the molecule is CCCCOC(=O)/C=C/[C@H]1C[C@@H]2CC[C@H]1C2. The zero-order valence-electron chi connectivity index (χ0n) is 10.2. The summed E-state index contributed by atoms with van der Waals surface area (Å²) < 4.78 is 5.10. The maximum Gasteiger partial charge on any atom is 0.330 e. The van der Waals surface area contributed by atoms with Crippen LogP contribution in [0.25, 0.3) is 0 Å². The summed E-state index contributed by atoms with van der Waals surface area (Å²) in [6.45, 7) is 2.66. The number of rotatable bonds is 5. The summed E-state index contributed by atoms with van der Waals surface area (Å²) >= 11 is 0. The van der Waals surface area contributed by atoms with Gasteiger partial charge >= 0.3 is 5.97 Å². The zero-order chi connectivity index (χ0) is 11.4. The van der Waals surface area contributed by atoms with Crippen LogP contribution in [0.15, 0.2) is 12.2 Å². The van der Waals surface area contributed by atoms with Crippen molar-refractivity contribution in [3.05, 3.63) is 12.2 Å². The monoisotopic (exact) mass is 222 g/mol. The Hall–Kier alpha value is -0.790. The Morgan fingerprint density at radius 1 is 1.38 bits per heavy atom. The van der Waals surface area contributed by atoms with Gasteiger partial charge in [0, 0.05) is 6.08 Å². The second-order valence-corrected chi connectivity index (χ2v) is 5.22. The van der Waals surface area contributed by atoms with Crippen molar-refractivity contribution >= 4 is 5.97 Å². The van der Waals surface area contributed by atoms with E-state index in [9.17, 15) is 4.79 Å². The molecule has 2 fully saturated rings. The summed E-state index contributed by atoms with van der Waals surface area (Å²) in [5.41, 5.74) is 0. The highest BCUT2D eigenvalue weighted by molar-refractivity contribution is 5.81. The van der Waals surface area contributed by atoms with E-state index in [1.165, 1.54) is 25.7 Å². The second-order valence-electron chi connectivity index (χ2n) is 5.22. The number of unbranched alkanes of at least 4 members (excludes halogenated alkanes) is 1. The Kier molecular flexibility index (Phi) is 4.03. The molecule has 16 heavy (non-hydrogen) atoms. The number of ether oxygens (including phenoxy) is 1. The molecule has 2 nitrogen and oxygen atoms in total. The zero-order valence-corrected chi connectivity index (χ0v) is 10.2. The van der Waals surface area contributed by atoms with E-state index < -0.39 is 0 Å². The number of carbonyl (C=O) groups excluding carboxylic acids is 1. The van der Waals surface area contributed by atoms with Crippen LogP contribution in [0.2, 0.25) is 0 Å². The van der Waals surface area contributed by atoms with Crippen LogP contribution in [-0.4, -0.2) is 12.6 Å². The fraction of sp³-hybridized carbons (Fsp3) is 0.786. The van der Waals surface area contributed by atoms with Gasteiger partial charge in [0.2, 0.25) is 0 Å². The highest BCUT2D eigenvalue weighted by Crippen LogP contribution is 2.48. The first-order valence-electron chi connectivity index (χ1n) is 6.64. The lowest BCUT2D eigenvalue weighted by Gasteiger charge is -2.17. The van der Waals surface area contributed by atoms with Crippen molar-refractivity contribution < 1.29 is 9.53 Å². The van der Waals surface area contributed by atoms with Crippen LogP contribution in [0.3, 0.4) is 0 Å². The number of carbonyl (C=O) groups is 1. The van der Waals surface area contributed by atoms with Crippen LogP contribution in [-0.2, 0) is 9.53 Å². The number of allylic oxidation sites excluding steroid dienone is 1. The normalized spacial score (nSPS) is 32.4. The molecule has 0 saturated heterocycles. The standard InChI is InChI=1S/C14H22O2/c1-2-3-8-16-14(15)7-6-13-10-11-4-5-12(13)9-11/h6-7,11-13H,2-5,8-10H2,1H3/b7-6+/t11-,12+,13+/m1/s1. The van der Waals surface area contributed by atoms with E-state index in [-0.39, 0.29) is 5.97 Å². The summed E-state index contributed by atoms with van der Waals surface area (Å²) in [6, 6.07) is 0. The van der Waals surface area contributed by atoms with Crippen molar-refractivity contribution in [3.63, 3.8) is 0 Å². The smallest absolute Gasteiger partial charge is 0.330 e. The Bertz CT molecular complexity index is 270. The van der Waals surface area contributed by atoms with Gasteiger partial charge in [-0.05, 0) is 43.4 Å². The van der Waals surface area contributed by atoms with Crippen LogP contribution in [0, 0.1) is 17.8 Å². The predicted molar refractivity (Wildman–Crippen MR) is 63.9 cm³/mol. The Morgan fingerprint density at radius 3 is 2.88 bits per heavy atom. The largest absolute Gasteiger partial charge is 0.463 e. The van der Waals surface area contributed by atoms with Crippen molar-refractivity contribution in [2.24, 2.45) is 17.8 Å². The number of fused-ring (bicyclic) bond motifs is 2. The second kappa shape index (κ2) is 5.51. The molecule has 2 aliphatic rings. The molecule has 3 atom stereocenters. The van der Waals surface area contributed by atoms with E-state index in [1.807, 2.05) is 0 Å². The molecule has 0 unspecified atom stereocenters. The Balaban J connectivity index is 1.70. The maximum atomic E-state index is 11.4. The highest BCUT2D eigenvalue weighted by Gasteiger charge is 2.37. The summed E-state index contributed by atoms with van der Waals surface area (Å²) in [5, 5.41) is 0. The molecule has 90 valence electrons. The predicted octanol–water partition coefficient (Wildman–Crippen LogP) is 3.32. The molecule has 0 spiro atoms. The van der Waals surface area contributed by atoms with Crippen molar-refractivity contribution in [1.82, 2.24) is 0 Å². The first-order valence-corrected chi connectivity index (χ1v) is 6.64. The van der Waals surface area contributed by atoms with Gasteiger partial charge in [0.15, 0.2) is 0 Å². The van der Waals surface area contributed by atoms with Crippen LogP contribution < -0.4 is 0 Å². The summed E-state index contributed by atoms with van der Waals surface area (Å²) in [6.07, 6.45) is 11.3. The maximum absolute atomic E-state index is 11.4. The molecule has 2 rings (SSSR count). The third-order valence-corrected chi connectivity index (χ3v) is 4.01. The van der Waals surface area contributed by atoms with Crippen LogP contribution >= 0.6 is 0 Å².